The van der Waals surface area contributed by atoms with E-state index in [1.165, 1.54) is 0 Å². The summed E-state index contributed by atoms with van der Waals surface area (Å²) in [6.45, 7) is 0.581. The Morgan fingerprint density at radius 1 is 1.13 bits per heavy atom. The minimum absolute atomic E-state index is 0.0438. The molecule has 5 nitrogen and oxygen atoms in total. The summed E-state index contributed by atoms with van der Waals surface area (Å²) in [5.74, 6) is 0.0551. The van der Waals surface area contributed by atoms with Crippen molar-refractivity contribution in [2.45, 2.75) is 37.8 Å². The Balaban J connectivity index is 1.29. The van der Waals surface area contributed by atoms with E-state index in [1.807, 2.05) is 54.6 Å². The lowest BCUT2D eigenvalue weighted by Crippen LogP contribution is -2.54. The van der Waals surface area contributed by atoms with E-state index in [0.29, 0.717) is 23.7 Å². The normalized spacial score (nSPS) is 24.5. The van der Waals surface area contributed by atoms with E-state index in [0.717, 1.165) is 30.4 Å². The van der Waals surface area contributed by atoms with Gasteiger partial charge < -0.3 is 15.4 Å². The van der Waals surface area contributed by atoms with Gasteiger partial charge in [-0.3, -0.25) is 9.59 Å². The summed E-state index contributed by atoms with van der Waals surface area (Å²) in [7, 11) is 0. The predicted octanol–water partition coefficient (Wildman–Crippen LogP) is 3.72. The molecule has 1 saturated heterocycles. The molecule has 1 heterocycles. The predicted molar refractivity (Wildman–Crippen MR) is 117 cm³/mol. The highest BCUT2D eigenvalue weighted by molar-refractivity contribution is 6.30. The highest BCUT2D eigenvalue weighted by Crippen LogP contribution is 2.31. The van der Waals surface area contributed by atoms with Gasteiger partial charge in [0.2, 0.25) is 5.91 Å². The largest absolute Gasteiger partial charge is 0.483 e. The van der Waals surface area contributed by atoms with Crippen LogP contribution in [0, 0.1) is 5.92 Å². The van der Waals surface area contributed by atoms with Gasteiger partial charge in [-0.15, -0.1) is 0 Å². The van der Waals surface area contributed by atoms with Crippen LogP contribution in [0.4, 0.5) is 0 Å². The molecule has 1 aliphatic heterocycles. The van der Waals surface area contributed by atoms with Gasteiger partial charge in [0.15, 0.2) is 5.76 Å². The van der Waals surface area contributed by atoms with Crippen molar-refractivity contribution in [1.82, 2.24) is 10.6 Å². The summed E-state index contributed by atoms with van der Waals surface area (Å²) in [6.07, 6.45) is 4.53. The molecule has 3 unspecified atom stereocenters. The van der Waals surface area contributed by atoms with E-state index in [-0.39, 0.29) is 29.9 Å². The van der Waals surface area contributed by atoms with Crippen molar-refractivity contribution in [1.29, 1.82) is 0 Å². The smallest absolute Gasteiger partial charge is 0.286 e. The number of morpholine rings is 1. The van der Waals surface area contributed by atoms with Crippen LogP contribution in [0.3, 0.4) is 0 Å². The van der Waals surface area contributed by atoms with Crippen molar-refractivity contribution >= 4 is 29.5 Å². The Morgan fingerprint density at radius 3 is 2.67 bits per heavy atom. The molecular weight excluding hydrogens is 400 g/mol. The monoisotopic (exact) mass is 424 g/mol. The van der Waals surface area contributed by atoms with Gasteiger partial charge in [-0.2, -0.15) is 0 Å². The number of ether oxygens (including phenoxy) is 1. The lowest BCUT2D eigenvalue weighted by atomic mass is 9.82. The Kier molecular flexibility index (Phi) is 6.38. The molecule has 0 bridgehead atoms. The van der Waals surface area contributed by atoms with Crippen LogP contribution >= 0.6 is 11.6 Å². The van der Waals surface area contributed by atoms with Crippen molar-refractivity contribution in [2.75, 3.05) is 6.54 Å². The summed E-state index contributed by atoms with van der Waals surface area (Å²) in [5.41, 5.74) is 2.06. The number of rotatable bonds is 5. The summed E-state index contributed by atoms with van der Waals surface area (Å²) in [5, 5.41) is 6.77. The van der Waals surface area contributed by atoms with Gasteiger partial charge in [-0.1, -0.05) is 54.1 Å². The van der Waals surface area contributed by atoms with Crippen LogP contribution in [0.15, 0.2) is 60.4 Å². The van der Waals surface area contributed by atoms with Crippen molar-refractivity contribution in [3.63, 3.8) is 0 Å². The number of carbonyl (C=O) groups excluding carboxylic acids is 2. The van der Waals surface area contributed by atoms with Crippen molar-refractivity contribution in [3.05, 3.63) is 76.5 Å². The zero-order valence-electron chi connectivity index (χ0n) is 16.6. The van der Waals surface area contributed by atoms with Crippen LogP contribution in [0.25, 0.3) is 6.08 Å². The van der Waals surface area contributed by atoms with E-state index in [2.05, 4.69) is 10.6 Å². The molecule has 0 spiro atoms. The Morgan fingerprint density at radius 2 is 1.90 bits per heavy atom. The molecule has 2 aromatic rings. The molecule has 156 valence electrons. The third-order valence-corrected chi connectivity index (χ3v) is 5.95. The lowest BCUT2D eigenvalue weighted by Gasteiger charge is -2.39. The molecule has 6 heteroatoms. The molecule has 2 amide bonds. The maximum absolute atomic E-state index is 12.6. The molecule has 2 fully saturated rings. The Hall–Kier alpha value is -2.79. The molecule has 0 radical (unpaired) electrons. The topological polar surface area (TPSA) is 67.4 Å². The summed E-state index contributed by atoms with van der Waals surface area (Å²) in [6, 6.07) is 17.2. The van der Waals surface area contributed by atoms with E-state index in [9.17, 15) is 9.59 Å². The Bertz CT molecular complexity index is 927. The van der Waals surface area contributed by atoms with Gasteiger partial charge in [0.1, 0.15) is 6.10 Å². The highest BCUT2D eigenvalue weighted by Gasteiger charge is 2.40. The number of carbonyl (C=O) groups is 2. The second kappa shape index (κ2) is 9.35. The number of benzene rings is 2. The van der Waals surface area contributed by atoms with Gasteiger partial charge in [-0.05, 0) is 55.0 Å². The quantitative estimate of drug-likeness (QED) is 0.719. The zero-order chi connectivity index (χ0) is 20.9. The summed E-state index contributed by atoms with van der Waals surface area (Å²) >= 11 is 5.90. The van der Waals surface area contributed by atoms with Crippen molar-refractivity contribution in [2.24, 2.45) is 5.92 Å². The first-order valence-corrected chi connectivity index (χ1v) is 10.7. The van der Waals surface area contributed by atoms with Crippen LogP contribution < -0.4 is 10.6 Å². The van der Waals surface area contributed by atoms with Crippen LogP contribution in [0.5, 0.6) is 0 Å². The van der Waals surface area contributed by atoms with Crippen LogP contribution in [-0.2, 0) is 20.7 Å². The minimum atomic E-state index is -0.219. The molecule has 0 aromatic heterocycles. The number of amides is 2. The number of nitrogens with one attached hydrogen (secondary N) is 2. The van der Waals surface area contributed by atoms with E-state index >= 15 is 0 Å². The standard InChI is InChI=1S/C24H25ClN2O3/c25-19-9-6-16(7-10-19)12-13-26-23(28)18-8-11-21-20(15-18)27-24(29)22(30-21)14-17-4-2-1-3-5-17/h1-7,9-10,14,18,20-21H,8,11-13,15H2,(H,26,28)(H,27,29)/b22-14+. The van der Waals surface area contributed by atoms with Gasteiger partial charge in [-0.25, -0.2) is 0 Å². The first-order valence-electron chi connectivity index (χ1n) is 10.3. The SMILES string of the molecule is O=C1NC2CC(C(=O)NCCc3ccc(Cl)cc3)CCC2O/C1=C/c1ccccc1. The maximum Gasteiger partial charge on any atom is 0.286 e. The molecular formula is C24H25ClN2O3. The molecule has 2 aromatic carbocycles. The number of hydrogen-bond acceptors (Lipinski definition) is 3. The van der Waals surface area contributed by atoms with E-state index in [4.69, 9.17) is 16.3 Å². The first-order chi connectivity index (χ1) is 14.6. The fraction of sp³-hybridized carbons (Fsp3) is 0.333. The molecule has 30 heavy (non-hydrogen) atoms. The van der Waals surface area contributed by atoms with Crippen LogP contribution in [-0.4, -0.2) is 30.5 Å². The minimum Gasteiger partial charge on any atom is -0.483 e. The number of halogens is 1. The lowest BCUT2D eigenvalue weighted by molar-refractivity contribution is -0.134. The maximum atomic E-state index is 12.6. The molecule has 4 rings (SSSR count). The zero-order valence-corrected chi connectivity index (χ0v) is 17.4. The molecule has 1 aliphatic carbocycles. The molecule has 3 atom stereocenters. The molecule has 1 saturated carbocycles. The third kappa shape index (κ3) is 5.03. The fourth-order valence-corrected chi connectivity index (χ4v) is 4.18. The summed E-state index contributed by atoms with van der Waals surface area (Å²) < 4.78 is 5.99. The second-order valence-electron chi connectivity index (χ2n) is 7.83. The molecule has 2 aliphatic rings. The Labute approximate surface area is 181 Å². The third-order valence-electron chi connectivity index (χ3n) is 5.70. The van der Waals surface area contributed by atoms with Gasteiger partial charge in [0, 0.05) is 17.5 Å². The van der Waals surface area contributed by atoms with Crippen LogP contribution in [0.2, 0.25) is 5.02 Å². The van der Waals surface area contributed by atoms with Gasteiger partial charge in [0.05, 0.1) is 6.04 Å². The van der Waals surface area contributed by atoms with Gasteiger partial charge in [0.25, 0.3) is 5.91 Å². The van der Waals surface area contributed by atoms with Crippen LogP contribution in [0.1, 0.15) is 30.4 Å². The second-order valence-corrected chi connectivity index (χ2v) is 8.27. The highest BCUT2D eigenvalue weighted by atomic mass is 35.5. The van der Waals surface area contributed by atoms with E-state index in [1.54, 1.807) is 6.08 Å². The number of hydrogen-bond donors (Lipinski definition) is 2. The van der Waals surface area contributed by atoms with Crippen molar-refractivity contribution in [3.8, 4) is 0 Å². The average Bonchev–Trinajstić information content (AvgIpc) is 2.76. The average molecular weight is 425 g/mol. The van der Waals surface area contributed by atoms with Gasteiger partial charge >= 0.3 is 0 Å². The summed E-state index contributed by atoms with van der Waals surface area (Å²) in [4.78, 5) is 25.1. The van der Waals surface area contributed by atoms with Crippen molar-refractivity contribution < 1.29 is 14.3 Å². The van der Waals surface area contributed by atoms with E-state index < -0.39 is 0 Å². The first kappa shape index (κ1) is 20.5. The fourth-order valence-electron chi connectivity index (χ4n) is 4.06. The molecule has 2 N–H and O–H groups in total. The number of fused-ring (bicyclic) bond motifs is 1.